The molecule has 28 heavy (non-hydrogen) atoms. The monoisotopic (exact) mass is 391 g/mol. The number of nitrogens with one attached hydrogen (secondary N) is 1. The van der Waals surface area contributed by atoms with E-state index in [-0.39, 0.29) is 11.9 Å². The van der Waals surface area contributed by atoms with E-state index in [2.05, 4.69) is 39.2 Å². The predicted octanol–water partition coefficient (Wildman–Crippen LogP) is 2.90. The first kappa shape index (κ1) is 18.4. The third-order valence-corrected chi connectivity index (χ3v) is 5.66. The second kappa shape index (κ2) is 8.39. The van der Waals surface area contributed by atoms with Crippen molar-refractivity contribution in [1.82, 2.24) is 25.1 Å². The van der Waals surface area contributed by atoms with Gasteiger partial charge in [0.05, 0.1) is 5.75 Å². The van der Waals surface area contributed by atoms with Crippen molar-refractivity contribution in [3.05, 3.63) is 72.6 Å². The van der Waals surface area contributed by atoms with E-state index in [0.717, 1.165) is 24.2 Å². The van der Waals surface area contributed by atoms with E-state index < -0.39 is 0 Å². The molecule has 142 valence electrons. The maximum atomic E-state index is 12.4. The highest BCUT2D eigenvalue weighted by Crippen LogP contribution is 2.24. The van der Waals surface area contributed by atoms with Crippen LogP contribution in [0.2, 0.25) is 0 Å². The molecule has 2 aromatic heterocycles. The Labute approximate surface area is 168 Å². The molecule has 7 heteroatoms. The van der Waals surface area contributed by atoms with Gasteiger partial charge < -0.3 is 5.32 Å². The largest absolute Gasteiger partial charge is 0.352 e. The van der Waals surface area contributed by atoms with Crippen molar-refractivity contribution in [1.29, 1.82) is 0 Å². The lowest BCUT2D eigenvalue weighted by Crippen LogP contribution is -2.36. The van der Waals surface area contributed by atoms with Gasteiger partial charge in [-0.05, 0) is 36.1 Å². The van der Waals surface area contributed by atoms with Crippen LogP contribution in [0, 0.1) is 0 Å². The number of nitrogens with zero attached hydrogens (tertiary/aromatic N) is 4. The second-order valence-electron chi connectivity index (χ2n) is 6.68. The molecule has 0 spiro atoms. The van der Waals surface area contributed by atoms with Crippen LogP contribution in [-0.4, -0.2) is 37.5 Å². The maximum Gasteiger partial charge on any atom is 0.230 e. The molecule has 0 saturated heterocycles. The zero-order chi connectivity index (χ0) is 19.3. The highest BCUT2D eigenvalue weighted by atomic mass is 32.2. The summed E-state index contributed by atoms with van der Waals surface area (Å²) in [5.41, 5.74) is 3.54. The average Bonchev–Trinajstić information content (AvgIpc) is 3.30. The number of benzene rings is 1. The van der Waals surface area contributed by atoms with Gasteiger partial charge in [0.2, 0.25) is 5.91 Å². The van der Waals surface area contributed by atoms with E-state index in [1.54, 1.807) is 18.5 Å². The molecule has 0 unspecified atom stereocenters. The highest BCUT2D eigenvalue weighted by molar-refractivity contribution is 7.99. The van der Waals surface area contributed by atoms with Crippen LogP contribution in [0.3, 0.4) is 0 Å². The zero-order valence-electron chi connectivity index (χ0n) is 15.4. The molecule has 0 saturated carbocycles. The minimum Gasteiger partial charge on any atom is -0.352 e. The molecular weight excluding hydrogens is 370 g/mol. The van der Waals surface area contributed by atoms with Crippen LogP contribution in [-0.2, 0) is 24.2 Å². The van der Waals surface area contributed by atoms with Gasteiger partial charge in [-0.15, -0.1) is 16.8 Å². The minimum absolute atomic E-state index is 0.0129. The molecule has 1 aliphatic rings. The fourth-order valence-electron chi connectivity index (χ4n) is 3.46. The van der Waals surface area contributed by atoms with Gasteiger partial charge in [0.25, 0.3) is 0 Å². The molecule has 0 radical (unpaired) electrons. The lowest BCUT2D eigenvalue weighted by Gasteiger charge is -2.12. The van der Waals surface area contributed by atoms with Gasteiger partial charge >= 0.3 is 0 Å². The van der Waals surface area contributed by atoms with Gasteiger partial charge in [-0.25, -0.2) is 0 Å². The Balaban J connectivity index is 1.39. The molecule has 0 atom stereocenters. The van der Waals surface area contributed by atoms with Crippen molar-refractivity contribution in [2.45, 2.75) is 30.6 Å². The van der Waals surface area contributed by atoms with Crippen molar-refractivity contribution in [3.63, 3.8) is 0 Å². The van der Waals surface area contributed by atoms with Crippen molar-refractivity contribution in [2.24, 2.45) is 0 Å². The number of pyridine rings is 1. The van der Waals surface area contributed by atoms with E-state index in [9.17, 15) is 4.79 Å². The summed E-state index contributed by atoms with van der Waals surface area (Å²) in [5, 5.41) is 12.4. The Morgan fingerprint density at radius 3 is 2.68 bits per heavy atom. The molecule has 3 aromatic rings. The molecule has 1 amide bonds. The number of thioether (sulfide) groups is 1. The summed E-state index contributed by atoms with van der Waals surface area (Å²) < 4.78 is 1.95. The summed E-state index contributed by atoms with van der Waals surface area (Å²) in [5.74, 6) is 1.04. The summed E-state index contributed by atoms with van der Waals surface area (Å²) >= 11 is 1.39. The summed E-state index contributed by atoms with van der Waals surface area (Å²) in [6.07, 6.45) is 7.05. The fourth-order valence-corrected chi connectivity index (χ4v) is 4.22. The first-order valence-corrected chi connectivity index (χ1v) is 10.2. The maximum absolute atomic E-state index is 12.4. The van der Waals surface area contributed by atoms with Crippen LogP contribution >= 0.6 is 11.8 Å². The third kappa shape index (κ3) is 3.99. The smallest absolute Gasteiger partial charge is 0.230 e. The minimum atomic E-state index is 0.0129. The Morgan fingerprint density at radius 1 is 1.21 bits per heavy atom. The van der Waals surface area contributed by atoms with Gasteiger partial charge in [-0.2, -0.15) is 0 Å². The summed E-state index contributed by atoms with van der Waals surface area (Å²) in [4.78, 5) is 16.6. The van der Waals surface area contributed by atoms with Gasteiger partial charge in [-0.3, -0.25) is 14.3 Å². The topological polar surface area (TPSA) is 72.7 Å². The Kier molecular flexibility index (Phi) is 5.53. The fraction of sp³-hybridized carbons (Fsp3) is 0.238. The van der Waals surface area contributed by atoms with E-state index in [1.165, 1.54) is 22.9 Å². The van der Waals surface area contributed by atoms with E-state index in [1.807, 2.05) is 28.8 Å². The number of fused-ring (bicyclic) bond motifs is 1. The zero-order valence-corrected chi connectivity index (χ0v) is 16.2. The normalized spacial score (nSPS) is 13.3. The number of hydrogen-bond donors (Lipinski definition) is 1. The third-order valence-electron chi connectivity index (χ3n) is 4.70. The average molecular weight is 392 g/mol. The Morgan fingerprint density at radius 2 is 2.00 bits per heavy atom. The molecule has 0 bridgehead atoms. The quantitative estimate of drug-likeness (QED) is 0.495. The van der Waals surface area contributed by atoms with Crippen LogP contribution in [0.1, 0.15) is 11.1 Å². The second-order valence-corrected chi connectivity index (χ2v) is 7.62. The molecule has 1 N–H and O–H groups in total. The molecule has 4 rings (SSSR count). The highest BCUT2D eigenvalue weighted by Gasteiger charge is 2.23. The van der Waals surface area contributed by atoms with Gasteiger partial charge in [0.1, 0.15) is 0 Å². The predicted molar refractivity (Wildman–Crippen MR) is 110 cm³/mol. The Bertz CT molecular complexity index is 960. The number of hydrogen-bond acceptors (Lipinski definition) is 5. The van der Waals surface area contributed by atoms with Crippen LogP contribution in [0.15, 0.2) is 66.6 Å². The van der Waals surface area contributed by atoms with Crippen molar-refractivity contribution < 1.29 is 4.79 Å². The number of carbonyl (C=O) groups excluding carboxylic acids is 1. The Hall–Kier alpha value is -2.93. The first-order valence-electron chi connectivity index (χ1n) is 9.18. The van der Waals surface area contributed by atoms with E-state index in [0.29, 0.717) is 17.5 Å². The van der Waals surface area contributed by atoms with Crippen LogP contribution in [0.25, 0.3) is 11.4 Å². The number of aromatic nitrogens is 4. The van der Waals surface area contributed by atoms with Gasteiger partial charge in [0.15, 0.2) is 11.0 Å². The summed E-state index contributed by atoms with van der Waals surface area (Å²) in [7, 11) is 0. The van der Waals surface area contributed by atoms with Crippen LogP contribution in [0.5, 0.6) is 0 Å². The summed E-state index contributed by atoms with van der Waals surface area (Å²) in [6.45, 7) is 4.38. The van der Waals surface area contributed by atoms with E-state index in [4.69, 9.17) is 0 Å². The first-order chi connectivity index (χ1) is 13.7. The van der Waals surface area contributed by atoms with Gasteiger partial charge in [0, 0.05) is 30.5 Å². The molecule has 2 heterocycles. The molecule has 0 fully saturated rings. The van der Waals surface area contributed by atoms with Crippen LogP contribution < -0.4 is 5.32 Å². The SMILES string of the molecule is C=CCn1c(SCC(=O)NC2Cc3ccccc3C2)nnc1-c1cccnc1. The standard InChI is InChI=1S/C21H21N5OS/c1-2-10-26-20(17-8-5-9-22-13-17)24-25-21(26)28-14-19(27)23-18-11-15-6-3-4-7-16(15)12-18/h2-9,13,18H,1,10-12,14H2,(H,23,27). The van der Waals surface area contributed by atoms with Crippen LogP contribution in [0.4, 0.5) is 0 Å². The van der Waals surface area contributed by atoms with Crippen molar-refractivity contribution >= 4 is 17.7 Å². The molecule has 1 aromatic carbocycles. The van der Waals surface area contributed by atoms with Gasteiger partial charge in [-0.1, -0.05) is 42.1 Å². The molecular formula is C21H21N5OS. The number of carbonyl (C=O) groups is 1. The van der Waals surface area contributed by atoms with E-state index >= 15 is 0 Å². The number of amides is 1. The molecule has 1 aliphatic carbocycles. The van der Waals surface area contributed by atoms with Crippen molar-refractivity contribution in [2.75, 3.05) is 5.75 Å². The number of allylic oxidation sites excluding steroid dienone is 1. The lowest BCUT2D eigenvalue weighted by atomic mass is 10.1. The van der Waals surface area contributed by atoms with Crippen molar-refractivity contribution in [3.8, 4) is 11.4 Å². The molecule has 6 nitrogen and oxygen atoms in total. The summed E-state index contributed by atoms with van der Waals surface area (Å²) in [6, 6.07) is 12.3. The number of rotatable bonds is 7. The molecule has 0 aliphatic heterocycles. The lowest BCUT2D eigenvalue weighted by molar-refractivity contribution is -0.119.